The Morgan fingerprint density at radius 3 is 2.07 bits per heavy atom. The molecule has 0 bridgehead atoms. The van der Waals surface area contributed by atoms with Gasteiger partial charge in [0.1, 0.15) is 17.1 Å². The third-order valence-corrected chi connectivity index (χ3v) is 12.1. The molecule has 4 aromatic heterocycles. The lowest BCUT2D eigenvalue weighted by Gasteiger charge is -2.15. The SMILES string of the molecule is C1=C(n2c3ccccc3c3c4c5c6ccccc6ccc5n5c6ccccc6c(cc32)c45)N=C(c2ccc3ccccc3c2)c2oc3ccccc3c2CC1. The first-order valence-electron chi connectivity index (χ1n) is 19.1. The maximum atomic E-state index is 6.79. The molecule has 12 aromatic rings. The summed E-state index contributed by atoms with van der Waals surface area (Å²) < 4.78 is 11.7. The average Bonchev–Trinajstić information content (AvgIpc) is 3.96. The Hall–Kier alpha value is -7.17. The maximum absolute atomic E-state index is 6.79. The van der Waals surface area contributed by atoms with Crippen molar-refractivity contribution in [1.29, 1.82) is 0 Å². The fourth-order valence-electron chi connectivity index (χ4n) is 9.79. The normalized spacial score (nSPS) is 13.9. The predicted octanol–water partition coefficient (Wildman–Crippen LogP) is 13.3. The van der Waals surface area contributed by atoms with Crippen LogP contribution in [0.5, 0.6) is 0 Å². The van der Waals surface area contributed by atoms with Crippen LogP contribution in [0.2, 0.25) is 0 Å². The highest BCUT2D eigenvalue weighted by atomic mass is 16.3. The number of fused-ring (bicyclic) bond motifs is 16. The van der Waals surface area contributed by atoms with E-state index >= 15 is 0 Å². The molecule has 256 valence electrons. The Bertz CT molecular complexity index is 3660. The van der Waals surface area contributed by atoms with Gasteiger partial charge in [-0.3, -0.25) is 4.57 Å². The highest BCUT2D eigenvalue weighted by Crippen LogP contribution is 2.48. The van der Waals surface area contributed by atoms with Crippen molar-refractivity contribution < 1.29 is 4.42 Å². The molecule has 0 amide bonds. The van der Waals surface area contributed by atoms with Crippen LogP contribution in [0.4, 0.5) is 0 Å². The average molecular weight is 702 g/mol. The molecule has 4 nitrogen and oxygen atoms in total. The zero-order valence-corrected chi connectivity index (χ0v) is 29.8. The molecule has 0 atom stereocenters. The molecule has 0 aliphatic carbocycles. The number of aromatic nitrogens is 2. The number of hydrogen-bond acceptors (Lipinski definition) is 2. The summed E-state index contributed by atoms with van der Waals surface area (Å²) in [4.78, 5) is 5.73. The third-order valence-electron chi connectivity index (χ3n) is 12.1. The minimum atomic E-state index is 0.830. The van der Waals surface area contributed by atoms with E-state index in [0.29, 0.717) is 0 Å². The fraction of sp³-hybridized carbons (Fsp3) is 0.0392. The van der Waals surface area contributed by atoms with Crippen LogP contribution in [-0.4, -0.2) is 14.7 Å². The molecular weight excluding hydrogens is 671 g/mol. The van der Waals surface area contributed by atoms with Crippen molar-refractivity contribution in [3.63, 3.8) is 0 Å². The van der Waals surface area contributed by atoms with Crippen LogP contribution < -0.4 is 0 Å². The summed E-state index contributed by atoms with van der Waals surface area (Å²) in [6.45, 7) is 0. The van der Waals surface area contributed by atoms with Gasteiger partial charge < -0.3 is 8.82 Å². The molecule has 0 unspecified atom stereocenters. The summed E-state index contributed by atoms with van der Waals surface area (Å²) in [5, 5.41) is 13.7. The van der Waals surface area contributed by atoms with Crippen molar-refractivity contribution in [2.24, 2.45) is 4.99 Å². The van der Waals surface area contributed by atoms with Crippen molar-refractivity contribution in [2.45, 2.75) is 12.8 Å². The quantitative estimate of drug-likeness (QED) is 0.177. The van der Waals surface area contributed by atoms with Crippen LogP contribution in [0.25, 0.3) is 98.2 Å². The largest absolute Gasteiger partial charge is 0.454 e. The van der Waals surface area contributed by atoms with Crippen molar-refractivity contribution in [3.8, 4) is 0 Å². The van der Waals surface area contributed by atoms with E-state index in [1.807, 2.05) is 0 Å². The molecule has 0 fully saturated rings. The van der Waals surface area contributed by atoms with Gasteiger partial charge in [0.2, 0.25) is 0 Å². The summed E-state index contributed by atoms with van der Waals surface area (Å²) in [6, 6.07) is 57.2. The first kappa shape index (κ1) is 29.3. The van der Waals surface area contributed by atoms with E-state index in [9.17, 15) is 0 Å². The van der Waals surface area contributed by atoms with Gasteiger partial charge in [-0.05, 0) is 76.9 Å². The zero-order chi connectivity index (χ0) is 35.8. The van der Waals surface area contributed by atoms with Crippen LogP contribution in [0.3, 0.4) is 0 Å². The summed E-state index contributed by atoms with van der Waals surface area (Å²) in [5.41, 5.74) is 10.1. The van der Waals surface area contributed by atoms with Crippen molar-refractivity contribution in [3.05, 3.63) is 181 Å². The number of aliphatic imine (C=N–C) groups is 1. The van der Waals surface area contributed by atoms with Crippen molar-refractivity contribution in [2.75, 3.05) is 0 Å². The molecule has 5 heterocycles. The van der Waals surface area contributed by atoms with Crippen LogP contribution in [0.1, 0.15) is 23.3 Å². The Kier molecular flexibility index (Phi) is 5.71. The molecule has 0 saturated carbocycles. The highest BCUT2D eigenvalue weighted by molar-refractivity contribution is 6.39. The van der Waals surface area contributed by atoms with E-state index in [2.05, 4.69) is 173 Å². The first-order valence-corrected chi connectivity index (χ1v) is 19.1. The molecule has 8 aromatic carbocycles. The van der Waals surface area contributed by atoms with Gasteiger partial charge in [-0.1, -0.05) is 121 Å². The highest BCUT2D eigenvalue weighted by Gasteiger charge is 2.27. The van der Waals surface area contributed by atoms with Gasteiger partial charge in [0.15, 0.2) is 5.76 Å². The van der Waals surface area contributed by atoms with Crippen molar-refractivity contribution in [1.82, 2.24) is 8.97 Å². The smallest absolute Gasteiger partial charge is 0.157 e. The minimum absolute atomic E-state index is 0.830. The van der Waals surface area contributed by atoms with Crippen LogP contribution in [0, 0.1) is 0 Å². The summed E-state index contributed by atoms with van der Waals surface area (Å²) in [5.74, 6) is 1.76. The summed E-state index contributed by atoms with van der Waals surface area (Å²) in [6.07, 6.45) is 4.02. The van der Waals surface area contributed by atoms with Crippen molar-refractivity contribution >= 4 is 104 Å². The van der Waals surface area contributed by atoms with Gasteiger partial charge >= 0.3 is 0 Å². The number of allylic oxidation sites excluding steroid dienone is 1. The molecule has 0 saturated heterocycles. The third kappa shape index (κ3) is 3.88. The van der Waals surface area contributed by atoms with Gasteiger partial charge in [-0.25, -0.2) is 4.99 Å². The molecular formula is C51H31N3O. The minimum Gasteiger partial charge on any atom is -0.454 e. The summed E-state index contributed by atoms with van der Waals surface area (Å²) in [7, 11) is 0. The Labute approximate surface area is 314 Å². The Morgan fingerprint density at radius 2 is 1.18 bits per heavy atom. The molecule has 13 rings (SSSR count). The molecule has 1 aliphatic rings. The number of benzene rings is 8. The Balaban J connectivity index is 1.19. The lowest BCUT2D eigenvalue weighted by Crippen LogP contribution is -2.10. The lowest BCUT2D eigenvalue weighted by molar-refractivity contribution is 0.599. The number of aryl methyl sites for hydroxylation is 1. The summed E-state index contributed by atoms with van der Waals surface area (Å²) >= 11 is 0. The second-order valence-corrected chi connectivity index (χ2v) is 15.0. The molecule has 4 heteroatoms. The van der Waals surface area contributed by atoms with Gasteiger partial charge in [-0.2, -0.15) is 0 Å². The van der Waals surface area contributed by atoms with E-state index in [1.165, 1.54) is 76.0 Å². The van der Waals surface area contributed by atoms with Gasteiger partial charge in [-0.15, -0.1) is 0 Å². The number of rotatable bonds is 2. The number of hydrogen-bond donors (Lipinski definition) is 0. The first-order chi connectivity index (χ1) is 27.3. The van der Waals surface area contributed by atoms with Gasteiger partial charge in [0.25, 0.3) is 0 Å². The molecule has 0 spiro atoms. The predicted molar refractivity (Wildman–Crippen MR) is 230 cm³/mol. The van der Waals surface area contributed by atoms with Crippen LogP contribution in [-0.2, 0) is 6.42 Å². The molecule has 0 radical (unpaired) electrons. The van der Waals surface area contributed by atoms with E-state index in [4.69, 9.17) is 9.41 Å². The monoisotopic (exact) mass is 701 g/mol. The zero-order valence-electron chi connectivity index (χ0n) is 29.8. The lowest BCUT2D eigenvalue weighted by atomic mass is 9.97. The second-order valence-electron chi connectivity index (χ2n) is 15.0. The van der Waals surface area contributed by atoms with E-state index < -0.39 is 0 Å². The van der Waals surface area contributed by atoms with Crippen LogP contribution >= 0.6 is 0 Å². The molecule has 1 aliphatic heterocycles. The maximum Gasteiger partial charge on any atom is 0.157 e. The molecule has 0 N–H and O–H groups in total. The number of furan rings is 1. The standard InChI is InChI=1S/C51H31N3O/c1-2-14-32-28-33(25-24-30(32)12-1)49-51-37(36-17-7-10-22-44(36)55-51)19-11-23-45(52-49)53-41-21-9-6-18-38(41)47-43(53)29-39-35-16-5-8-20-40(35)54-42-27-26-31-13-3-4-15-34(31)46(42)48(47)50(39)54/h1-10,12-18,20-29H,11,19H2. The van der Waals surface area contributed by atoms with E-state index in [-0.39, 0.29) is 0 Å². The van der Waals surface area contributed by atoms with E-state index in [1.54, 1.807) is 0 Å². The Morgan fingerprint density at radius 1 is 0.491 bits per heavy atom. The topological polar surface area (TPSA) is 34.8 Å². The molecule has 55 heavy (non-hydrogen) atoms. The van der Waals surface area contributed by atoms with E-state index in [0.717, 1.165) is 57.7 Å². The number of para-hydroxylation sites is 3. The second kappa shape index (κ2) is 10.7. The van der Waals surface area contributed by atoms with Crippen LogP contribution in [0.15, 0.2) is 173 Å². The van der Waals surface area contributed by atoms with Gasteiger partial charge in [0.05, 0.1) is 27.6 Å². The van der Waals surface area contributed by atoms with Gasteiger partial charge in [0, 0.05) is 48.8 Å². The fourth-order valence-corrected chi connectivity index (χ4v) is 9.79. The number of nitrogens with zero attached hydrogens (tertiary/aromatic N) is 3.